The fourth-order valence-electron chi connectivity index (χ4n) is 2.68. The smallest absolute Gasteiger partial charge is 0.399 e. The van der Waals surface area contributed by atoms with Crippen molar-refractivity contribution < 1.29 is 9.31 Å². The van der Waals surface area contributed by atoms with Crippen LogP contribution >= 0.6 is 11.6 Å². The maximum Gasteiger partial charge on any atom is 0.497 e. The molecule has 1 aliphatic heterocycles. The zero-order valence-corrected chi connectivity index (χ0v) is 14.7. The number of hydrogen-bond acceptors (Lipinski definition) is 3. The van der Waals surface area contributed by atoms with Crippen molar-refractivity contribution in [3.8, 4) is 0 Å². The standard InChI is InChI=1S/C16H22BClN2O2/c1-10(2)20-9-13(12-7-11(18)8-19-14(12)20)17-21-15(3,4)16(5,6)22-17/h7-10H,1-6H3. The summed E-state index contributed by atoms with van der Waals surface area (Å²) in [6.45, 7) is 12.5. The molecule has 0 N–H and O–H groups in total. The van der Waals surface area contributed by atoms with Crippen LogP contribution in [-0.2, 0) is 9.31 Å². The normalized spacial score (nSPS) is 20.3. The van der Waals surface area contributed by atoms with Gasteiger partial charge in [0.05, 0.1) is 16.2 Å². The highest BCUT2D eigenvalue weighted by molar-refractivity contribution is 6.65. The molecule has 0 unspecified atom stereocenters. The summed E-state index contributed by atoms with van der Waals surface area (Å²) in [6.07, 6.45) is 3.75. The largest absolute Gasteiger partial charge is 0.497 e. The molecule has 0 atom stereocenters. The second-order valence-corrected chi connectivity index (χ2v) is 7.63. The van der Waals surface area contributed by atoms with Crippen LogP contribution in [0.5, 0.6) is 0 Å². The van der Waals surface area contributed by atoms with Crippen molar-refractivity contribution in [2.24, 2.45) is 0 Å². The van der Waals surface area contributed by atoms with Crippen molar-refractivity contribution in [3.05, 3.63) is 23.5 Å². The topological polar surface area (TPSA) is 36.3 Å². The second-order valence-electron chi connectivity index (χ2n) is 7.20. The second kappa shape index (κ2) is 4.98. The molecule has 3 heterocycles. The molecule has 4 nitrogen and oxygen atoms in total. The minimum atomic E-state index is -0.409. The number of aromatic nitrogens is 2. The highest BCUT2D eigenvalue weighted by Crippen LogP contribution is 2.37. The zero-order chi connectivity index (χ0) is 16.3. The third kappa shape index (κ3) is 2.36. The predicted molar refractivity (Wildman–Crippen MR) is 90.8 cm³/mol. The molecular formula is C16H22BClN2O2. The van der Waals surface area contributed by atoms with Crippen molar-refractivity contribution >= 4 is 35.2 Å². The van der Waals surface area contributed by atoms with Crippen molar-refractivity contribution in [1.29, 1.82) is 0 Å². The van der Waals surface area contributed by atoms with E-state index in [-0.39, 0.29) is 11.2 Å². The summed E-state index contributed by atoms with van der Waals surface area (Å²) in [5, 5.41) is 1.60. The minimum Gasteiger partial charge on any atom is -0.399 e. The van der Waals surface area contributed by atoms with Gasteiger partial charge in [0.15, 0.2) is 0 Å². The Morgan fingerprint density at radius 1 is 1.18 bits per heavy atom. The molecule has 0 aromatic carbocycles. The zero-order valence-electron chi connectivity index (χ0n) is 14.0. The average molecular weight is 321 g/mol. The molecule has 1 aliphatic rings. The summed E-state index contributed by atoms with van der Waals surface area (Å²) in [4.78, 5) is 4.49. The lowest BCUT2D eigenvalue weighted by atomic mass is 9.79. The van der Waals surface area contributed by atoms with Crippen LogP contribution in [0.2, 0.25) is 5.02 Å². The van der Waals surface area contributed by atoms with Crippen molar-refractivity contribution in [1.82, 2.24) is 9.55 Å². The molecular weight excluding hydrogens is 298 g/mol. The Hall–Kier alpha value is -1.04. The molecule has 3 rings (SSSR count). The van der Waals surface area contributed by atoms with E-state index in [1.54, 1.807) is 6.20 Å². The lowest BCUT2D eigenvalue weighted by Gasteiger charge is -2.32. The molecule has 0 radical (unpaired) electrons. The first-order valence-corrected chi connectivity index (χ1v) is 8.02. The quantitative estimate of drug-likeness (QED) is 0.794. The van der Waals surface area contributed by atoms with Gasteiger partial charge in [-0.1, -0.05) is 11.6 Å². The van der Waals surface area contributed by atoms with Crippen LogP contribution in [-0.4, -0.2) is 27.9 Å². The van der Waals surface area contributed by atoms with Gasteiger partial charge in [0.2, 0.25) is 0 Å². The number of pyridine rings is 1. The molecule has 1 fully saturated rings. The third-order valence-electron chi connectivity index (χ3n) is 4.73. The van der Waals surface area contributed by atoms with Crippen LogP contribution in [0.1, 0.15) is 47.6 Å². The van der Waals surface area contributed by atoms with Crippen LogP contribution in [0.4, 0.5) is 0 Å². The van der Waals surface area contributed by atoms with Crippen LogP contribution in [0.3, 0.4) is 0 Å². The van der Waals surface area contributed by atoms with Gasteiger partial charge in [-0.15, -0.1) is 0 Å². The van der Waals surface area contributed by atoms with Gasteiger partial charge in [-0.2, -0.15) is 0 Å². The lowest BCUT2D eigenvalue weighted by Crippen LogP contribution is -2.41. The molecule has 22 heavy (non-hydrogen) atoms. The van der Waals surface area contributed by atoms with Gasteiger partial charge >= 0.3 is 7.12 Å². The Labute approximate surface area is 136 Å². The van der Waals surface area contributed by atoms with Gasteiger partial charge < -0.3 is 13.9 Å². The van der Waals surface area contributed by atoms with Crippen LogP contribution < -0.4 is 5.46 Å². The van der Waals surface area contributed by atoms with Gasteiger partial charge in [-0.05, 0) is 47.6 Å². The molecule has 118 valence electrons. The van der Waals surface area contributed by atoms with E-state index in [4.69, 9.17) is 20.9 Å². The van der Waals surface area contributed by atoms with E-state index >= 15 is 0 Å². The highest BCUT2D eigenvalue weighted by atomic mass is 35.5. The molecule has 0 bridgehead atoms. The Bertz CT molecular complexity index is 708. The maximum absolute atomic E-state index is 6.18. The molecule has 0 aliphatic carbocycles. The van der Waals surface area contributed by atoms with Crippen LogP contribution in [0, 0.1) is 0 Å². The first-order valence-electron chi connectivity index (χ1n) is 7.64. The van der Waals surface area contributed by atoms with E-state index < -0.39 is 7.12 Å². The summed E-state index contributed by atoms with van der Waals surface area (Å²) in [6, 6.07) is 2.23. The van der Waals surface area contributed by atoms with Gasteiger partial charge in [0.1, 0.15) is 5.65 Å². The lowest BCUT2D eigenvalue weighted by molar-refractivity contribution is 0.00578. The van der Waals surface area contributed by atoms with Crippen molar-refractivity contribution in [2.75, 3.05) is 0 Å². The van der Waals surface area contributed by atoms with E-state index in [1.165, 1.54) is 0 Å². The first-order chi connectivity index (χ1) is 10.1. The summed E-state index contributed by atoms with van der Waals surface area (Å²) >= 11 is 6.14. The number of hydrogen-bond donors (Lipinski definition) is 0. The molecule has 2 aromatic heterocycles. The number of fused-ring (bicyclic) bond motifs is 1. The summed E-state index contributed by atoms with van der Waals surface area (Å²) in [7, 11) is -0.409. The summed E-state index contributed by atoms with van der Waals surface area (Å²) < 4.78 is 14.5. The molecule has 0 amide bonds. The predicted octanol–water partition coefficient (Wildman–Crippen LogP) is 3.57. The van der Waals surface area contributed by atoms with E-state index in [1.807, 2.05) is 6.07 Å². The Morgan fingerprint density at radius 3 is 2.32 bits per heavy atom. The molecule has 0 saturated carbocycles. The van der Waals surface area contributed by atoms with Gasteiger partial charge in [-0.3, -0.25) is 0 Å². The molecule has 1 saturated heterocycles. The Kier molecular flexibility index (Phi) is 3.59. The average Bonchev–Trinajstić information content (AvgIpc) is 2.84. The van der Waals surface area contributed by atoms with Gasteiger partial charge in [0, 0.05) is 29.3 Å². The van der Waals surface area contributed by atoms with E-state index in [0.29, 0.717) is 11.1 Å². The first kappa shape index (κ1) is 15.8. The minimum absolute atomic E-state index is 0.298. The van der Waals surface area contributed by atoms with Gasteiger partial charge in [-0.25, -0.2) is 4.98 Å². The Balaban J connectivity index is 2.14. The van der Waals surface area contributed by atoms with Crippen LogP contribution in [0.15, 0.2) is 18.5 Å². The highest BCUT2D eigenvalue weighted by Gasteiger charge is 2.52. The van der Waals surface area contributed by atoms with E-state index in [2.05, 4.69) is 57.3 Å². The third-order valence-corrected chi connectivity index (χ3v) is 4.94. The maximum atomic E-state index is 6.18. The van der Waals surface area contributed by atoms with Crippen LogP contribution in [0.25, 0.3) is 11.0 Å². The molecule has 0 spiro atoms. The van der Waals surface area contributed by atoms with Crippen molar-refractivity contribution in [3.63, 3.8) is 0 Å². The number of rotatable bonds is 2. The van der Waals surface area contributed by atoms with Gasteiger partial charge in [0.25, 0.3) is 0 Å². The SMILES string of the molecule is CC(C)n1cc(B2OC(C)(C)C(C)(C)O2)c2cc(Cl)cnc21. The van der Waals surface area contributed by atoms with Crippen molar-refractivity contribution in [2.45, 2.75) is 58.8 Å². The summed E-state index contributed by atoms with van der Waals surface area (Å²) in [5.74, 6) is 0. The molecule has 2 aromatic rings. The molecule has 6 heteroatoms. The Morgan fingerprint density at radius 2 is 1.77 bits per heavy atom. The van der Waals surface area contributed by atoms with E-state index in [9.17, 15) is 0 Å². The number of nitrogens with zero attached hydrogens (tertiary/aromatic N) is 2. The summed E-state index contributed by atoms with van der Waals surface area (Å²) in [5.41, 5.74) is 1.16. The number of halogens is 1. The van der Waals surface area contributed by atoms with E-state index in [0.717, 1.165) is 16.5 Å². The fourth-order valence-corrected chi connectivity index (χ4v) is 2.84. The monoisotopic (exact) mass is 320 g/mol. The fraction of sp³-hybridized carbons (Fsp3) is 0.562.